The number of halogens is 4. The van der Waals surface area contributed by atoms with E-state index in [0.717, 1.165) is 42.5 Å². The Morgan fingerprint density at radius 3 is 2.33 bits per heavy atom. The van der Waals surface area contributed by atoms with Crippen molar-refractivity contribution in [3.63, 3.8) is 0 Å². The fourth-order valence-electron chi connectivity index (χ4n) is 4.03. The average molecular weight is 506 g/mol. The van der Waals surface area contributed by atoms with Crippen LogP contribution >= 0.6 is 34.8 Å². The van der Waals surface area contributed by atoms with Crippen LogP contribution in [0.3, 0.4) is 0 Å². The summed E-state index contributed by atoms with van der Waals surface area (Å²) in [4.78, 5) is 26.1. The third kappa shape index (κ3) is 5.24. The molecule has 0 N–H and O–H groups in total. The van der Waals surface area contributed by atoms with E-state index in [1.54, 1.807) is 18.2 Å². The zero-order chi connectivity index (χ0) is 23.7. The fourth-order valence-corrected chi connectivity index (χ4v) is 4.62. The predicted molar refractivity (Wildman–Crippen MR) is 128 cm³/mol. The molecule has 0 aromatic heterocycles. The van der Waals surface area contributed by atoms with Gasteiger partial charge in [0, 0.05) is 10.9 Å². The smallest absolute Gasteiger partial charge is 0.345 e. The first-order valence-electron chi connectivity index (χ1n) is 10.5. The molecule has 0 spiro atoms. The second kappa shape index (κ2) is 9.84. The summed E-state index contributed by atoms with van der Waals surface area (Å²) in [5.41, 5.74) is 2.10. The van der Waals surface area contributed by atoms with Gasteiger partial charge in [0.2, 0.25) is 0 Å². The van der Waals surface area contributed by atoms with Crippen LogP contribution in [-0.2, 0) is 6.42 Å². The first kappa shape index (κ1) is 23.7. The van der Waals surface area contributed by atoms with Crippen LogP contribution in [0.15, 0.2) is 54.6 Å². The van der Waals surface area contributed by atoms with E-state index >= 15 is 0 Å². The Morgan fingerprint density at radius 2 is 1.67 bits per heavy atom. The number of benzene rings is 3. The number of ether oxygens (including phenoxy) is 1. The molecule has 1 aliphatic rings. The maximum Gasteiger partial charge on any atom is 0.345 e. The van der Waals surface area contributed by atoms with Gasteiger partial charge in [0.25, 0.3) is 0 Å². The summed E-state index contributed by atoms with van der Waals surface area (Å²) in [6, 6.07) is 14.8. The highest BCUT2D eigenvalue weighted by atomic mass is 35.5. The molecule has 0 bridgehead atoms. The number of esters is 1. The van der Waals surface area contributed by atoms with Crippen LogP contribution in [0.4, 0.5) is 4.39 Å². The lowest BCUT2D eigenvalue weighted by Gasteiger charge is -2.36. The first-order valence-corrected chi connectivity index (χ1v) is 11.6. The zero-order valence-corrected chi connectivity index (χ0v) is 20.0. The molecular formula is C26H20Cl3FO3. The maximum atomic E-state index is 13.9. The van der Waals surface area contributed by atoms with Gasteiger partial charge >= 0.3 is 5.97 Å². The summed E-state index contributed by atoms with van der Waals surface area (Å²) >= 11 is 17.7. The molecule has 3 aromatic rings. The Hall–Kier alpha value is -2.40. The van der Waals surface area contributed by atoms with Crippen molar-refractivity contribution in [2.24, 2.45) is 11.8 Å². The van der Waals surface area contributed by atoms with Crippen LogP contribution in [0, 0.1) is 24.6 Å². The Bertz CT molecular complexity index is 1220. The number of hydrogen-bond acceptors (Lipinski definition) is 3. The molecule has 1 aliphatic carbocycles. The number of carbonyl (C=O) groups is 2. The summed E-state index contributed by atoms with van der Waals surface area (Å²) in [7, 11) is 0. The molecule has 2 atom stereocenters. The molecule has 1 unspecified atom stereocenters. The molecule has 3 nitrogen and oxygen atoms in total. The Kier molecular flexibility index (Phi) is 7.08. The van der Waals surface area contributed by atoms with Crippen molar-refractivity contribution in [1.29, 1.82) is 0 Å². The third-order valence-electron chi connectivity index (χ3n) is 6.00. The monoisotopic (exact) mass is 504 g/mol. The van der Waals surface area contributed by atoms with Crippen LogP contribution in [0.5, 0.6) is 5.75 Å². The van der Waals surface area contributed by atoms with Crippen molar-refractivity contribution in [2.75, 3.05) is 0 Å². The average Bonchev–Trinajstić information content (AvgIpc) is 2.75. The van der Waals surface area contributed by atoms with E-state index < -0.39 is 11.8 Å². The molecule has 33 heavy (non-hydrogen) atoms. The van der Waals surface area contributed by atoms with E-state index in [1.807, 2.05) is 31.2 Å². The van der Waals surface area contributed by atoms with Gasteiger partial charge in [-0.3, -0.25) is 4.79 Å². The number of hydrogen-bond donors (Lipinski definition) is 0. The second-order valence-corrected chi connectivity index (χ2v) is 9.52. The predicted octanol–water partition coefficient (Wildman–Crippen LogP) is 7.77. The largest absolute Gasteiger partial charge is 0.422 e. The minimum atomic E-state index is -0.860. The van der Waals surface area contributed by atoms with E-state index in [2.05, 4.69) is 0 Å². The highest BCUT2D eigenvalue weighted by Crippen LogP contribution is 2.41. The van der Waals surface area contributed by atoms with Gasteiger partial charge < -0.3 is 4.74 Å². The molecule has 0 radical (unpaired) electrons. The van der Waals surface area contributed by atoms with Crippen molar-refractivity contribution in [1.82, 2.24) is 0 Å². The summed E-state index contributed by atoms with van der Waals surface area (Å²) in [5, 5.41) is 0.445. The highest BCUT2D eigenvalue weighted by Gasteiger charge is 2.38. The van der Waals surface area contributed by atoms with Gasteiger partial charge in [-0.2, -0.15) is 0 Å². The van der Waals surface area contributed by atoms with Crippen molar-refractivity contribution >= 4 is 46.6 Å². The quantitative estimate of drug-likeness (QED) is 0.149. The number of aryl methyl sites for hydroxylation is 1. The molecule has 0 heterocycles. The van der Waals surface area contributed by atoms with Crippen LogP contribution in [0.25, 0.3) is 0 Å². The van der Waals surface area contributed by atoms with Crippen LogP contribution in [0.2, 0.25) is 15.1 Å². The summed E-state index contributed by atoms with van der Waals surface area (Å²) < 4.78 is 19.4. The number of ketones is 1. The number of Topliss-reactive ketones (excluding diaryl/α,β-unsaturated/α-hetero) is 1. The molecule has 0 aliphatic heterocycles. The van der Waals surface area contributed by atoms with Crippen LogP contribution in [-0.4, -0.2) is 11.8 Å². The van der Waals surface area contributed by atoms with Gasteiger partial charge in [0.1, 0.15) is 11.6 Å². The minimum Gasteiger partial charge on any atom is -0.422 e. The van der Waals surface area contributed by atoms with Crippen molar-refractivity contribution in [2.45, 2.75) is 26.2 Å². The molecule has 3 aromatic carbocycles. The third-order valence-corrected chi connectivity index (χ3v) is 6.85. The fraction of sp³-hybridized carbons (Fsp3) is 0.231. The number of carbonyl (C=O) groups excluding carboxylic acids is 2. The highest BCUT2D eigenvalue weighted by molar-refractivity contribution is 6.36. The van der Waals surface area contributed by atoms with Gasteiger partial charge in [-0.15, -0.1) is 0 Å². The molecule has 1 saturated carbocycles. The molecule has 7 heteroatoms. The van der Waals surface area contributed by atoms with E-state index in [4.69, 9.17) is 39.5 Å². The SMILES string of the molecule is Cc1ccc(C(=O)[C@@H]2CCC2Cc2ccc(Cl)cc2)c(OC(=O)c2cc(F)c(Cl)cc2Cl)c1. The van der Waals surface area contributed by atoms with Gasteiger partial charge in [-0.1, -0.05) is 53.0 Å². The Labute approximate surface area is 206 Å². The van der Waals surface area contributed by atoms with E-state index in [9.17, 15) is 14.0 Å². The molecule has 170 valence electrons. The van der Waals surface area contributed by atoms with Crippen molar-refractivity contribution < 1.29 is 18.7 Å². The van der Waals surface area contributed by atoms with Gasteiger partial charge in [0.05, 0.1) is 21.2 Å². The van der Waals surface area contributed by atoms with Gasteiger partial charge in [0.15, 0.2) is 5.78 Å². The lowest BCUT2D eigenvalue weighted by molar-refractivity contribution is 0.0709. The second-order valence-electron chi connectivity index (χ2n) is 8.27. The van der Waals surface area contributed by atoms with Gasteiger partial charge in [-0.05, 0) is 79.6 Å². The van der Waals surface area contributed by atoms with Crippen LogP contribution in [0.1, 0.15) is 44.7 Å². The molecule has 4 rings (SSSR count). The zero-order valence-electron chi connectivity index (χ0n) is 17.7. The van der Waals surface area contributed by atoms with Gasteiger partial charge in [-0.25, -0.2) is 9.18 Å². The van der Waals surface area contributed by atoms with Crippen molar-refractivity contribution in [3.8, 4) is 5.75 Å². The molecule has 1 fully saturated rings. The molecule has 0 saturated heterocycles. The normalized spacial score (nSPS) is 17.4. The topological polar surface area (TPSA) is 43.4 Å². The Balaban J connectivity index is 1.55. The minimum absolute atomic E-state index is 0.0334. The summed E-state index contributed by atoms with van der Waals surface area (Å²) in [5.74, 6) is -1.56. The van der Waals surface area contributed by atoms with E-state index in [0.29, 0.717) is 10.6 Å². The summed E-state index contributed by atoms with van der Waals surface area (Å²) in [6.45, 7) is 1.83. The van der Waals surface area contributed by atoms with Crippen LogP contribution < -0.4 is 4.74 Å². The molecule has 0 amide bonds. The standard InChI is InChI=1S/C26H20Cl3FO3/c1-14-2-8-19(24(10-14)33-26(32)20-12-23(30)22(29)13-21(20)28)25(31)18-9-5-16(18)11-15-3-6-17(27)7-4-15/h2-4,6-8,10,12-13,16,18H,5,9,11H2,1H3/t16?,18-/m1/s1. The maximum absolute atomic E-state index is 13.9. The lowest BCUT2D eigenvalue weighted by atomic mass is 9.67. The number of rotatable bonds is 6. The molecular weight excluding hydrogens is 486 g/mol. The summed E-state index contributed by atoms with van der Waals surface area (Å²) in [6.07, 6.45) is 2.49. The Morgan fingerprint density at radius 1 is 0.939 bits per heavy atom. The van der Waals surface area contributed by atoms with E-state index in [1.165, 1.54) is 0 Å². The van der Waals surface area contributed by atoms with E-state index in [-0.39, 0.29) is 39.0 Å². The first-order chi connectivity index (χ1) is 15.7. The van der Waals surface area contributed by atoms with Crippen molar-refractivity contribution in [3.05, 3.63) is 97.7 Å². The lowest BCUT2D eigenvalue weighted by Crippen LogP contribution is -2.34.